The second-order valence-corrected chi connectivity index (χ2v) is 6.63. The van der Waals surface area contributed by atoms with E-state index in [1.165, 1.54) is 0 Å². The molecule has 4 aromatic heterocycles. The highest BCUT2D eigenvalue weighted by Gasteiger charge is 2.18. The van der Waals surface area contributed by atoms with E-state index in [-0.39, 0.29) is 5.56 Å². The number of aromatic nitrogens is 4. The number of nitrogens with zero attached hydrogens (tertiary/aromatic N) is 4. The van der Waals surface area contributed by atoms with Crippen LogP contribution in [0.5, 0.6) is 5.75 Å². The number of ether oxygens (including phenoxy) is 1. The third-order valence-corrected chi connectivity index (χ3v) is 5.06. The van der Waals surface area contributed by atoms with E-state index in [2.05, 4.69) is 11.9 Å². The molecule has 4 heterocycles. The van der Waals surface area contributed by atoms with Crippen LogP contribution in [0.25, 0.3) is 33.3 Å². The number of benzene rings is 1. The Morgan fingerprint density at radius 2 is 1.86 bits per heavy atom. The largest absolute Gasteiger partial charge is 0.495 e. The van der Waals surface area contributed by atoms with Gasteiger partial charge in [-0.15, -0.1) is 0 Å². The Balaban J connectivity index is 2.00. The average molecular weight is 370 g/mol. The lowest BCUT2D eigenvalue weighted by Gasteiger charge is -2.11. The van der Waals surface area contributed by atoms with E-state index in [0.29, 0.717) is 22.5 Å². The number of imidazole rings is 1. The van der Waals surface area contributed by atoms with Crippen molar-refractivity contribution in [2.45, 2.75) is 13.3 Å². The molecule has 0 bridgehead atoms. The summed E-state index contributed by atoms with van der Waals surface area (Å²) in [4.78, 5) is 22.7. The molecule has 0 unspecified atom stereocenters. The maximum atomic E-state index is 13.5. The van der Waals surface area contributed by atoms with Crippen LogP contribution in [0.2, 0.25) is 0 Å². The maximum Gasteiger partial charge on any atom is 0.264 e. The highest BCUT2D eigenvalue weighted by Crippen LogP contribution is 2.27. The first-order valence-corrected chi connectivity index (χ1v) is 9.16. The van der Waals surface area contributed by atoms with Crippen molar-refractivity contribution in [3.63, 3.8) is 0 Å². The van der Waals surface area contributed by atoms with E-state index >= 15 is 0 Å². The molecule has 0 atom stereocenters. The molecule has 1 aromatic carbocycles. The molecule has 0 amide bonds. The van der Waals surface area contributed by atoms with E-state index in [1.54, 1.807) is 17.9 Å². The standard InChI is InChI=1S/C22H18N4O2/c1-3-14-8-9-15(12-23-14)26-21-20(17-6-4-5-7-18(17)22(26)27)24-19-11-10-16(28-2)13-25(19)21/h4-13H,3H2,1-2H3. The van der Waals surface area contributed by atoms with Crippen molar-refractivity contribution in [3.8, 4) is 11.4 Å². The molecule has 6 nitrogen and oxygen atoms in total. The first-order chi connectivity index (χ1) is 13.7. The van der Waals surface area contributed by atoms with Crippen LogP contribution in [-0.4, -0.2) is 26.0 Å². The van der Waals surface area contributed by atoms with Crippen molar-refractivity contribution in [1.29, 1.82) is 0 Å². The van der Waals surface area contributed by atoms with E-state index < -0.39 is 0 Å². The molecule has 5 rings (SSSR count). The summed E-state index contributed by atoms with van der Waals surface area (Å²) in [5, 5.41) is 1.46. The summed E-state index contributed by atoms with van der Waals surface area (Å²) in [6, 6.07) is 15.2. The summed E-state index contributed by atoms with van der Waals surface area (Å²) < 4.78 is 8.97. The van der Waals surface area contributed by atoms with Gasteiger partial charge in [-0.25, -0.2) is 4.98 Å². The van der Waals surface area contributed by atoms with E-state index in [9.17, 15) is 4.79 Å². The molecule has 0 aliphatic rings. The van der Waals surface area contributed by atoms with Crippen molar-refractivity contribution < 1.29 is 4.74 Å². The predicted octanol–water partition coefficient (Wildman–Crippen LogP) is 3.76. The van der Waals surface area contributed by atoms with E-state index in [4.69, 9.17) is 9.72 Å². The van der Waals surface area contributed by atoms with Crippen LogP contribution in [-0.2, 0) is 6.42 Å². The Kier molecular flexibility index (Phi) is 3.65. The van der Waals surface area contributed by atoms with Crippen LogP contribution in [0.3, 0.4) is 0 Å². The first kappa shape index (κ1) is 16.5. The molecular weight excluding hydrogens is 352 g/mol. The van der Waals surface area contributed by atoms with Gasteiger partial charge in [0, 0.05) is 16.5 Å². The van der Waals surface area contributed by atoms with Gasteiger partial charge in [-0.2, -0.15) is 0 Å². The Morgan fingerprint density at radius 3 is 2.57 bits per heavy atom. The number of pyridine rings is 3. The lowest BCUT2D eigenvalue weighted by molar-refractivity contribution is 0.412. The number of aryl methyl sites for hydroxylation is 1. The summed E-state index contributed by atoms with van der Waals surface area (Å²) >= 11 is 0. The third-order valence-electron chi connectivity index (χ3n) is 5.06. The van der Waals surface area contributed by atoms with Gasteiger partial charge in [0.15, 0.2) is 5.65 Å². The molecule has 28 heavy (non-hydrogen) atoms. The van der Waals surface area contributed by atoms with Crippen molar-refractivity contribution >= 4 is 27.6 Å². The second-order valence-electron chi connectivity index (χ2n) is 6.63. The zero-order valence-corrected chi connectivity index (χ0v) is 15.6. The summed E-state index contributed by atoms with van der Waals surface area (Å²) in [5.41, 5.74) is 3.81. The zero-order valence-electron chi connectivity index (χ0n) is 15.6. The minimum atomic E-state index is -0.0984. The van der Waals surface area contributed by atoms with Gasteiger partial charge < -0.3 is 4.74 Å². The number of hydrogen-bond donors (Lipinski definition) is 0. The fourth-order valence-electron chi connectivity index (χ4n) is 3.62. The number of fused-ring (bicyclic) bond motifs is 5. The quantitative estimate of drug-likeness (QED) is 0.485. The minimum Gasteiger partial charge on any atom is -0.495 e. The van der Waals surface area contributed by atoms with Gasteiger partial charge in [0.05, 0.1) is 25.2 Å². The normalized spacial score (nSPS) is 11.5. The molecule has 0 saturated heterocycles. The molecule has 0 spiro atoms. The molecule has 0 fully saturated rings. The van der Waals surface area contributed by atoms with Crippen LogP contribution in [0.1, 0.15) is 12.6 Å². The SMILES string of the molecule is CCc1ccc(-n2c(=O)c3ccccc3c3nc4ccc(OC)cn4c32)cn1. The van der Waals surface area contributed by atoms with Crippen molar-refractivity contribution in [2.24, 2.45) is 0 Å². The van der Waals surface area contributed by atoms with Crippen LogP contribution in [0.15, 0.2) is 65.7 Å². The summed E-state index contributed by atoms with van der Waals surface area (Å²) in [7, 11) is 1.62. The minimum absolute atomic E-state index is 0.0984. The van der Waals surface area contributed by atoms with Gasteiger partial charge in [-0.1, -0.05) is 25.1 Å². The van der Waals surface area contributed by atoms with Crippen LogP contribution >= 0.6 is 0 Å². The van der Waals surface area contributed by atoms with Gasteiger partial charge in [-0.05, 0) is 36.8 Å². The number of methoxy groups -OCH3 is 1. The topological polar surface area (TPSA) is 61.4 Å². The molecule has 0 N–H and O–H groups in total. The van der Waals surface area contributed by atoms with Crippen LogP contribution in [0.4, 0.5) is 0 Å². The second kappa shape index (κ2) is 6.20. The molecule has 0 radical (unpaired) electrons. The highest BCUT2D eigenvalue weighted by molar-refractivity contribution is 6.04. The van der Waals surface area contributed by atoms with Crippen LogP contribution < -0.4 is 10.3 Å². The molecule has 138 valence electrons. The molecule has 6 heteroatoms. The molecule has 0 aliphatic heterocycles. The number of hydrogen-bond acceptors (Lipinski definition) is 4. The van der Waals surface area contributed by atoms with Crippen molar-refractivity contribution in [2.75, 3.05) is 7.11 Å². The molecule has 0 aliphatic carbocycles. The van der Waals surface area contributed by atoms with E-state index in [0.717, 1.165) is 28.7 Å². The smallest absolute Gasteiger partial charge is 0.264 e. The van der Waals surface area contributed by atoms with Crippen molar-refractivity contribution in [3.05, 3.63) is 77.0 Å². The van der Waals surface area contributed by atoms with E-state index in [1.807, 2.05) is 59.1 Å². The Bertz CT molecular complexity index is 1400. The van der Waals surface area contributed by atoms with Gasteiger partial charge >= 0.3 is 0 Å². The lowest BCUT2D eigenvalue weighted by Crippen LogP contribution is -2.20. The summed E-state index contributed by atoms with van der Waals surface area (Å²) in [6.45, 7) is 2.05. The molecular formula is C22H18N4O2. The monoisotopic (exact) mass is 370 g/mol. The van der Waals surface area contributed by atoms with Crippen molar-refractivity contribution in [1.82, 2.24) is 18.9 Å². The Labute approximate surface area is 160 Å². The van der Waals surface area contributed by atoms with Crippen LogP contribution in [0, 0.1) is 0 Å². The molecule has 0 saturated carbocycles. The fourth-order valence-corrected chi connectivity index (χ4v) is 3.62. The van der Waals surface area contributed by atoms with Gasteiger partial charge in [0.25, 0.3) is 5.56 Å². The average Bonchev–Trinajstić information content (AvgIpc) is 3.13. The summed E-state index contributed by atoms with van der Waals surface area (Å²) in [5.74, 6) is 0.693. The number of rotatable bonds is 3. The lowest BCUT2D eigenvalue weighted by atomic mass is 10.1. The third kappa shape index (κ3) is 2.31. The first-order valence-electron chi connectivity index (χ1n) is 9.16. The summed E-state index contributed by atoms with van der Waals surface area (Å²) in [6.07, 6.45) is 4.44. The fraction of sp³-hybridized carbons (Fsp3) is 0.136. The predicted molar refractivity (Wildman–Crippen MR) is 110 cm³/mol. The van der Waals surface area contributed by atoms with Gasteiger partial charge in [0.2, 0.25) is 0 Å². The maximum absolute atomic E-state index is 13.5. The Morgan fingerprint density at radius 1 is 1.04 bits per heavy atom. The molecule has 5 aromatic rings. The zero-order chi connectivity index (χ0) is 19.3. The highest BCUT2D eigenvalue weighted by atomic mass is 16.5. The van der Waals surface area contributed by atoms with Gasteiger partial charge in [0.1, 0.15) is 16.9 Å². The Hall–Kier alpha value is -3.67. The van der Waals surface area contributed by atoms with Gasteiger partial charge in [-0.3, -0.25) is 18.7 Å².